The maximum Gasteiger partial charge on any atom is 0.228 e. The third-order valence-corrected chi connectivity index (χ3v) is 4.39. The van der Waals surface area contributed by atoms with Gasteiger partial charge < -0.3 is 10.6 Å². The molecule has 0 bridgehead atoms. The summed E-state index contributed by atoms with van der Waals surface area (Å²) in [6.45, 7) is 0. The van der Waals surface area contributed by atoms with E-state index in [1.54, 1.807) is 6.20 Å². The van der Waals surface area contributed by atoms with Gasteiger partial charge in [-0.1, -0.05) is 12.1 Å². The fourth-order valence-corrected chi connectivity index (χ4v) is 3.13. The summed E-state index contributed by atoms with van der Waals surface area (Å²) in [6, 6.07) is 11.7. The lowest BCUT2D eigenvalue weighted by Gasteiger charge is -2.06. The molecule has 1 aliphatic heterocycles. The Balaban J connectivity index is 1.30. The van der Waals surface area contributed by atoms with E-state index in [1.165, 1.54) is 0 Å². The van der Waals surface area contributed by atoms with E-state index >= 15 is 0 Å². The Kier molecular flexibility index (Phi) is 3.93. The summed E-state index contributed by atoms with van der Waals surface area (Å²) < 4.78 is 0. The summed E-state index contributed by atoms with van der Waals surface area (Å²) in [6.07, 6.45) is 4.22. The van der Waals surface area contributed by atoms with Crippen LogP contribution in [0.15, 0.2) is 42.6 Å². The number of aryl methyl sites for hydroxylation is 1. The first-order valence-corrected chi connectivity index (χ1v) is 8.32. The average molecular weight is 334 g/mol. The number of carbonyl (C=O) groups is 2. The Hall–Kier alpha value is -3.15. The van der Waals surface area contributed by atoms with Crippen LogP contribution < -0.4 is 10.6 Å². The van der Waals surface area contributed by atoms with Gasteiger partial charge in [-0.05, 0) is 48.2 Å². The number of H-pyrrole nitrogens is 1. The summed E-state index contributed by atoms with van der Waals surface area (Å²) in [5, 5.41) is 13.6. The highest BCUT2D eigenvalue weighted by atomic mass is 16.2. The lowest BCUT2D eigenvalue weighted by molar-refractivity contribution is -0.116. The number of nitrogens with one attached hydrogen (secondary N) is 3. The van der Waals surface area contributed by atoms with Crippen molar-refractivity contribution in [2.75, 3.05) is 10.6 Å². The van der Waals surface area contributed by atoms with Crippen LogP contribution >= 0.6 is 0 Å². The summed E-state index contributed by atoms with van der Waals surface area (Å²) in [7, 11) is 0. The lowest BCUT2D eigenvalue weighted by Crippen LogP contribution is -2.11. The van der Waals surface area contributed by atoms with E-state index in [0.717, 1.165) is 46.2 Å². The smallest absolute Gasteiger partial charge is 0.228 e. The molecule has 6 nitrogen and oxygen atoms in total. The molecule has 126 valence electrons. The van der Waals surface area contributed by atoms with E-state index in [9.17, 15) is 9.59 Å². The summed E-state index contributed by atoms with van der Waals surface area (Å²) >= 11 is 0. The van der Waals surface area contributed by atoms with Gasteiger partial charge >= 0.3 is 0 Å². The van der Waals surface area contributed by atoms with Gasteiger partial charge in [0.15, 0.2) is 0 Å². The van der Waals surface area contributed by atoms with Crippen molar-refractivity contribution >= 4 is 34.1 Å². The van der Waals surface area contributed by atoms with Crippen LogP contribution in [-0.2, 0) is 22.4 Å². The number of hydrogen-bond acceptors (Lipinski definition) is 3. The molecule has 0 saturated heterocycles. The summed E-state index contributed by atoms with van der Waals surface area (Å²) in [5.74, 6) is 0.0395. The van der Waals surface area contributed by atoms with Gasteiger partial charge in [-0.15, -0.1) is 0 Å². The molecular formula is C19H18N4O2. The van der Waals surface area contributed by atoms with Crippen LogP contribution in [0.2, 0.25) is 0 Å². The Bertz CT molecular complexity index is 961. The molecule has 1 aliphatic rings. The van der Waals surface area contributed by atoms with Crippen LogP contribution in [0.3, 0.4) is 0 Å². The molecule has 0 radical (unpaired) electrons. The Morgan fingerprint density at radius 3 is 3.04 bits per heavy atom. The fourth-order valence-electron chi connectivity index (χ4n) is 3.13. The van der Waals surface area contributed by atoms with Crippen molar-refractivity contribution in [3.63, 3.8) is 0 Å². The Labute approximate surface area is 144 Å². The van der Waals surface area contributed by atoms with Crippen molar-refractivity contribution in [3.05, 3.63) is 53.7 Å². The van der Waals surface area contributed by atoms with Crippen LogP contribution in [0.1, 0.15) is 24.0 Å². The maximum atomic E-state index is 12.1. The number of nitrogens with zero attached hydrogens (tertiary/aromatic N) is 1. The van der Waals surface area contributed by atoms with Crippen molar-refractivity contribution in [1.82, 2.24) is 10.2 Å². The van der Waals surface area contributed by atoms with Crippen molar-refractivity contribution in [2.24, 2.45) is 0 Å². The molecule has 2 heterocycles. The van der Waals surface area contributed by atoms with E-state index in [0.29, 0.717) is 12.8 Å². The van der Waals surface area contributed by atoms with Gasteiger partial charge in [0, 0.05) is 23.2 Å². The predicted octanol–water partition coefficient (Wildman–Crippen LogP) is 3.02. The van der Waals surface area contributed by atoms with Gasteiger partial charge in [0.25, 0.3) is 0 Å². The minimum atomic E-state index is -0.00290. The summed E-state index contributed by atoms with van der Waals surface area (Å²) in [4.78, 5) is 23.5. The number of benzene rings is 2. The first kappa shape index (κ1) is 15.4. The van der Waals surface area contributed by atoms with E-state index in [4.69, 9.17) is 0 Å². The van der Waals surface area contributed by atoms with Crippen LogP contribution in [0.5, 0.6) is 0 Å². The molecule has 2 aromatic carbocycles. The van der Waals surface area contributed by atoms with Gasteiger partial charge in [0.1, 0.15) is 0 Å². The van der Waals surface area contributed by atoms with Crippen LogP contribution in [0.25, 0.3) is 10.9 Å². The topological polar surface area (TPSA) is 86.9 Å². The second-order valence-electron chi connectivity index (χ2n) is 6.29. The number of fused-ring (bicyclic) bond motifs is 2. The van der Waals surface area contributed by atoms with E-state index in [1.807, 2.05) is 30.3 Å². The van der Waals surface area contributed by atoms with Crippen LogP contribution in [0.4, 0.5) is 11.4 Å². The predicted molar refractivity (Wildman–Crippen MR) is 96.4 cm³/mol. The first-order valence-electron chi connectivity index (χ1n) is 8.32. The van der Waals surface area contributed by atoms with Crippen molar-refractivity contribution in [2.45, 2.75) is 25.7 Å². The van der Waals surface area contributed by atoms with E-state index in [-0.39, 0.29) is 11.8 Å². The zero-order chi connectivity index (χ0) is 17.2. The highest BCUT2D eigenvalue weighted by molar-refractivity contribution is 5.99. The van der Waals surface area contributed by atoms with Crippen LogP contribution in [-0.4, -0.2) is 22.0 Å². The summed E-state index contributed by atoms with van der Waals surface area (Å²) in [5.41, 5.74) is 4.77. The lowest BCUT2D eigenvalue weighted by atomic mass is 10.0. The third-order valence-electron chi connectivity index (χ3n) is 4.39. The number of anilines is 2. The molecule has 0 atom stereocenters. The minimum Gasteiger partial charge on any atom is -0.326 e. The normalized spacial score (nSPS) is 12.9. The number of rotatable bonds is 5. The largest absolute Gasteiger partial charge is 0.326 e. The quantitative estimate of drug-likeness (QED) is 0.670. The molecular weight excluding hydrogens is 316 g/mol. The molecule has 6 heteroatoms. The van der Waals surface area contributed by atoms with Crippen molar-refractivity contribution in [3.8, 4) is 0 Å². The number of aromatic nitrogens is 2. The highest BCUT2D eigenvalue weighted by Gasteiger charge is 2.17. The molecule has 0 unspecified atom stereocenters. The zero-order valence-corrected chi connectivity index (χ0v) is 13.6. The van der Waals surface area contributed by atoms with Gasteiger partial charge in [-0.2, -0.15) is 5.10 Å². The second kappa shape index (κ2) is 6.39. The molecule has 3 aromatic rings. The monoisotopic (exact) mass is 334 g/mol. The second-order valence-corrected chi connectivity index (χ2v) is 6.29. The molecule has 4 rings (SSSR count). The average Bonchev–Trinajstić information content (AvgIpc) is 3.19. The van der Waals surface area contributed by atoms with Gasteiger partial charge in [0.2, 0.25) is 11.8 Å². The van der Waals surface area contributed by atoms with Gasteiger partial charge in [0.05, 0.1) is 18.1 Å². The SMILES string of the molecule is O=C(CCCc1ccc2c(c1)CC(=O)N2)Nc1ccc2cn[nH]c2c1. The van der Waals surface area contributed by atoms with Gasteiger partial charge in [-0.3, -0.25) is 14.7 Å². The first-order chi connectivity index (χ1) is 12.2. The molecule has 0 aliphatic carbocycles. The Morgan fingerprint density at radius 1 is 1.20 bits per heavy atom. The number of carbonyl (C=O) groups excluding carboxylic acids is 2. The van der Waals surface area contributed by atoms with Crippen molar-refractivity contribution in [1.29, 1.82) is 0 Å². The zero-order valence-electron chi connectivity index (χ0n) is 13.6. The van der Waals surface area contributed by atoms with E-state index < -0.39 is 0 Å². The Morgan fingerprint density at radius 2 is 2.12 bits per heavy atom. The number of hydrogen-bond donors (Lipinski definition) is 3. The number of amides is 2. The number of aromatic amines is 1. The third kappa shape index (κ3) is 3.38. The molecule has 3 N–H and O–H groups in total. The maximum absolute atomic E-state index is 12.1. The molecule has 2 amide bonds. The highest BCUT2D eigenvalue weighted by Crippen LogP contribution is 2.24. The molecule has 1 aromatic heterocycles. The molecule has 0 spiro atoms. The van der Waals surface area contributed by atoms with Crippen molar-refractivity contribution < 1.29 is 9.59 Å². The molecule has 0 saturated carbocycles. The van der Waals surface area contributed by atoms with Gasteiger partial charge in [-0.25, -0.2) is 0 Å². The minimum absolute atomic E-state index is 0.00290. The van der Waals surface area contributed by atoms with Crippen LogP contribution in [0, 0.1) is 0 Å². The standard InChI is InChI=1S/C19H18N4O2/c24-18(21-15-6-5-13-11-20-23-17(13)10-15)3-1-2-12-4-7-16-14(8-12)9-19(25)22-16/h4-8,10-11H,1-3,9H2,(H,20,23)(H,21,24)(H,22,25). The fraction of sp³-hybridized carbons (Fsp3) is 0.211. The molecule has 0 fully saturated rings. The van der Waals surface area contributed by atoms with E-state index in [2.05, 4.69) is 26.9 Å². The molecule has 25 heavy (non-hydrogen) atoms.